The summed E-state index contributed by atoms with van der Waals surface area (Å²) in [7, 11) is 0. The molecular formula is C22H33BrO2. The average molecular weight is 409 g/mol. The molecule has 4 aliphatic carbocycles. The van der Waals surface area contributed by atoms with Crippen molar-refractivity contribution in [2.75, 3.05) is 5.33 Å². The molecule has 1 N–H and O–H groups in total. The lowest BCUT2D eigenvalue weighted by Gasteiger charge is -2.56. The molecule has 25 heavy (non-hydrogen) atoms. The molecule has 4 fully saturated rings. The second-order valence-corrected chi connectivity index (χ2v) is 10.6. The molecule has 0 aromatic heterocycles. The van der Waals surface area contributed by atoms with Gasteiger partial charge in [0.15, 0.2) is 0 Å². The van der Waals surface area contributed by atoms with Gasteiger partial charge >= 0.3 is 0 Å². The molecule has 0 spiro atoms. The van der Waals surface area contributed by atoms with Crippen LogP contribution in [0.5, 0.6) is 0 Å². The number of alkyl halides is 1. The highest BCUT2D eigenvalue weighted by molar-refractivity contribution is 9.09. The number of hydrogen-bond donors (Lipinski definition) is 1. The van der Waals surface area contributed by atoms with Gasteiger partial charge in [-0.2, -0.15) is 0 Å². The van der Waals surface area contributed by atoms with E-state index >= 15 is 0 Å². The summed E-state index contributed by atoms with van der Waals surface area (Å²) in [5, 5.41) is 11.4. The van der Waals surface area contributed by atoms with Crippen molar-refractivity contribution in [2.24, 2.45) is 40.9 Å². The maximum Gasteiger partial charge on any atom is 0.136 e. The van der Waals surface area contributed by atoms with E-state index in [1.54, 1.807) is 0 Å². The molecule has 3 heteroatoms. The summed E-state index contributed by atoms with van der Waals surface area (Å²) in [5.74, 6) is 3.74. The summed E-state index contributed by atoms with van der Waals surface area (Å²) in [6.07, 6.45) is 8.49. The van der Waals surface area contributed by atoms with Gasteiger partial charge in [-0.15, -0.1) is 0 Å². The molecular weight excluding hydrogens is 376 g/mol. The fourth-order valence-corrected chi connectivity index (χ4v) is 7.95. The van der Waals surface area contributed by atoms with E-state index in [9.17, 15) is 9.90 Å². The van der Waals surface area contributed by atoms with Crippen LogP contribution in [0.15, 0.2) is 12.2 Å². The third-order valence-electron chi connectivity index (χ3n) is 8.75. The van der Waals surface area contributed by atoms with Gasteiger partial charge in [-0.25, -0.2) is 0 Å². The van der Waals surface area contributed by atoms with E-state index in [-0.39, 0.29) is 5.92 Å². The van der Waals surface area contributed by atoms with Crippen LogP contribution in [0.1, 0.15) is 65.2 Å². The zero-order valence-corrected chi connectivity index (χ0v) is 17.4. The summed E-state index contributed by atoms with van der Waals surface area (Å²) in [4.78, 5) is 13.0. The number of hydrogen-bond acceptors (Lipinski definition) is 2. The lowest BCUT2D eigenvalue weighted by atomic mass is 9.48. The van der Waals surface area contributed by atoms with E-state index in [2.05, 4.69) is 29.4 Å². The minimum atomic E-state index is -0.626. The van der Waals surface area contributed by atoms with Gasteiger partial charge in [0.1, 0.15) is 5.78 Å². The number of allylic oxidation sites excluding steroid dienone is 1. The van der Waals surface area contributed by atoms with Gasteiger partial charge in [-0.1, -0.05) is 35.0 Å². The van der Waals surface area contributed by atoms with Crippen molar-refractivity contribution in [3.05, 3.63) is 12.2 Å². The first kappa shape index (κ1) is 18.2. The molecule has 0 unspecified atom stereocenters. The van der Waals surface area contributed by atoms with Crippen molar-refractivity contribution in [3.63, 3.8) is 0 Å². The van der Waals surface area contributed by atoms with Gasteiger partial charge in [-0.05, 0) is 86.9 Å². The first-order valence-corrected chi connectivity index (χ1v) is 11.4. The summed E-state index contributed by atoms with van der Waals surface area (Å²) in [6, 6.07) is 0. The van der Waals surface area contributed by atoms with Gasteiger partial charge in [-0.3, -0.25) is 4.79 Å². The molecule has 0 heterocycles. The number of carbonyl (C=O) groups excluding carboxylic acids is 1. The van der Waals surface area contributed by atoms with Crippen molar-refractivity contribution >= 4 is 21.7 Å². The number of aliphatic hydroxyl groups is 1. The third kappa shape index (κ3) is 2.79. The molecule has 0 bridgehead atoms. The van der Waals surface area contributed by atoms with Crippen LogP contribution in [0, 0.1) is 40.9 Å². The highest BCUT2D eigenvalue weighted by Crippen LogP contribution is 2.65. The second-order valence-electron chi connectivity index (χ2n) is 10.1. The normalized spacial score (nSPS) is 52.2. The van der Waals surface area contributed by atoms with Crippen LogP contribution in [0.3, 0.4) is 0 Å². The highest BCUT2D eigenvalue weighted by atomic mass is 79.9. The zero-order chi connectivity index (χ0) is 18.0. The fourth-order valence-electron chi connectivity index (χ4n) is 7.56. The minimum Gasteiger partial charge on any atom is -0.390 e. The molecule has 0 aromatic rings. The van der Waals surface area contributed by atoms with E-state index in [1.807, 2.05) is 6.92 Å². The Hall–Kier alpha value is -0.150. The quantitative estimate of drug-likeness (QED) is 0.507. The largest absolute Gasteiger partial charge is 0.390 e. The second kappa shape index (κ2) is 6.19. The summed E-state index contributed by atoms with van der Waals surface area (Å²) in [5.41, 5.74) is 1.08. The Morgan fingerprint density at radius 2 is 1.88 bits per heavy atom. The highest BCUT2D eigenvalue weighted by Gasteiger charge is 2.59. The molecule has 4 rings (SSSR count). The predicted molar refractivity (Wildman–Crippen MR) is 105 cm³/mol. The van der Waals surface area contributed by atoms with Crippen LogP contribution in [0.4, 0.5) is 0 Å². The van der Waals surface area contributed by atoms with Gasteiger partial charge in [0, 0.05) is 17.7 Å². The molecule has 0 radical (unpaired) electrons. The van der Waals surface area contributed by atoms with E-state index < -0.39 is 5.60 Å². The van der Waals surface area contributed by atoms with E-state index in [0.29, 0.717) is 47.2 Å². The molecule has 4 saturated carbocycles. The average Bonchev–Trinajstić information content (AvgIpc) is 2.91. The molecule has 140 valence electrons. The molecule has 2 nitrogen and oxygen atoms in total. The summed E-state index contributed by atoms with van der Waals surface area (Å²) >= 11 is 3.62. The minimum absolute atomic E-state index is 0.129. The fraction of sp³-hybridized carbons (Fsp3) is 0.864. The number of fused-ring (bicyclic) bond motifs is 5. The van der Waals surface area contributed by atoms with Crippen LogP contribution in [0.2, 0.25) is 0 Å². The Labute approximate surface area is 161 Å². The lowest BCUT2D eigenvalue weighted by Crippen LogP contribution is -2.53. The Morgan fingerprint density at radius 1 is 1.16 bits per heavy atom. The maximum atomic E-state index is 13.0. The summed E-state index contributed by atoms with van der Waals surface area (Å²) < 4.78 is 0. The first-order valence-electron chi connectivity index (χ1n) is 10.3. The van der Waals surface area contributed by atoms with Crippen LogP contribution in [-0.4, -0.2) is 21.8 Å². The van der Waals surface area contributed by atoms with Gasteiger partial charge in [0.05, 0.1) is 5.60 Å². The molecule has 4 aliphatic rings. The van der Waals surface area contributed by atoms with Crippen LogP contribution < -0.4 is 0 Å². The van der Waals surface area contributed by atoms with E-state index in [1.165, 1.54) is 31.3 Å². The number of rotatable bonds is 2. The van der Waals surface area contributed by atoms with Gasteiger partial charge < -0.3 is 5.11 Å². The number of halogens is 1. The van der Waals surface area contributed by atoms with Crippen molar-refractivity contribution in [2.45, 2.75) is 70.8 Å². The SMILES string of the molecule is C=C(CBr)[C@H]1CC[C@H]2[C@@H]3CC(=O)[C@@H]4C[C@@](C)(O)CC[C@@H]4[C@H]3CC[C@]12C. The first-order chi connectivity index (χ1) is 11.8. The van der Waals surface area contributed by atoms with Crippen LogP contribution >= 0.6 is 15.9 Å². The maximum absolute atomic E-state index is 13.0. The number of carbonyl (C=O) groups is 1. The van der Waals surface area contributed by atoms with Crippen molar-refractivity contribution in [3.8, 4) is 0 Å². The molecule has 8 atom stereocenters. The van der Waals surface area contributed by atoms with Gasteiger partial charge in [0.2, 0.25) is 0 Å². The molecule has 0 aromatic carbocycles. The Balaban J connectivity index is 1.59. The van der Waals surface area contributed by atoms with E-state index in [4.69, 9.17) is 0 Å². The molecule has 0 amide bonds. The number of Topliss-reactive ketones (excluding diaryl/α,β-unsaturated/α-hetero) is 1. The number of ketones is 1. The smallest absolute Gasteiger partial charge is 0.136 e. The summed E-state index contributed by atoms with van der Waals surface area (Å²) in [6.45, 7) is 8.76. The van der Waals surface area contributed by atoms with Crippen LogP contribution in [-0.2, 0) is 4.79 Å². The Kier molecular flexibility index (Phi) is 4.51. The molecule has 0 saturated heterocycles. The Morgan fingerprint density at radius 3 is 2.60 bits per heavy atom. The van der Waals surface area contributed by atoms with Gasteiger partial charge in [0.25, 0.3) is 0 Å². The van der Waals surface area contributed by atoms with Crippen molar-refractivity contribution in [1.29, 1.82) is 0 Å². The Bertz CT molecular complexity index is 583. The van der Waals surface area contributed by atoms with Crippen molar-refractivity contribution in [1.82, 2.24) is 0 Å². The topological polar surface area (TPSA) is 37.3 Å². The van der Waals surface area contributed by atoms with Crippen molar-refractivity contribution < 1.29 is 9.90 Å². The predicted octanol–water partition coefficient (Wildman–Crippen LogP) is 5.14. The lowest BCUT2D eigenvalue weighted by molar-refractivity contribution is -0.148. The molecule has 0 aliphatic heterocycles. The van der Waals surface area contributed by atoms with E-state index in [0.717, 1.165) is 24.6 Å². The third-order valence-corrected chi connectivity index (χ3v) is 9.47. The standard InChI is InChI=1S/C22H33BrO2/c1-13(12-23)18-4-5-19-16-10-20(24)17-11-21(2,25)8-6-15(17)14(16)7-9-22(18,19)3/h14-19,25H,1,4-12H2,2-3H3/t14-,15-,16-,17-,18-,19+,21+,22-/m1/s1. The van der Waals surface area contributed by atoms with Crippen LogP contribution in [0.25, 0.3) is 0 Å². The zero-order valence-electron chi connectivity index (χ0n) is 15.8. The monoisotopic (exact) mass is 408 g/mol.